The third-order valence-electron chi connectivity index (χ3n) is 18.3. The average molecular weight is 1100 g/mol. The van der Waals surface area contributed by atoms with Gasteiger partial charge >= 0.3 is 6.18 Å². The van der Waals surface area contributed by atoms with E-state index in [9.17, 15) is 4.79 Å². The number of likely N-dealkylation sites (tertiary alicyclic amines) is 1. The van der Waals surface area contributed by atoms with Crippen LogP contribution in [-0.2, 0) is 21.0 Å². The molecule has 412 valence electrons. The first-order chi connectivity index (χ1) is 40.8. The van der Waals surface area contributed by atoms with Gasteiger partial charge in [0.2, 0.25) is 5.91 Å². The summed E-state index contributed by atoms with van der Waals surface area (Å²) in [6.45, 7) is 6.09. The molecule has 0 radical (unpaired) electrons. The highest BCUT2D eigenvalue weighted by atomic mass is 19.4. The second kappa shape index (κ2) is 21.8. The summed E-state index contributed by atoms with van der Waals surface area (Å²) < 4.78 is 48.8. The number of para-hydroxylation sites is 1. The zero-order chi connectivity index (χ0) is 57.6. The Bertz CT molecular complexity index is 4110. The monoisotopic (exact) mass is 1100 g/mol. The van der Waals surface area contributed by atoms with Crippen LogP contribution in [-0.4, -0.2) is 37.1 Å². The quantitative estimate of drug-likeness (QED) is 0.124. The molecule has 84 heavy (non-hydrogen) atoms. The number of hydrogen-bond acceptors (Lipinski definition) is 2. The van der Waals surface area contributed by atoms with Crippen LogP contribution in [0.15, 0.2) is 273 Å². The lowest BCUT2D eigenvalue weighted by Gasteiger charge is -2.42. The lowest BCUT2D eigenvalue weighted by Crippen LogP contribution is -2.44. The minimum absolute atomic E-state index is 0.0516. The van der Waals surface area contributed by atoms with Crippen molar-refractivity contribution < 1.29 is 18.0 Å². The van der Waals surface area contributed by atoms with E-state index in [0.29, 0.717) is 0 Å². The predicted molar refractivity (Wildman–Crippen MR) is 338 cm³/mol. The van der Waals surface area contributed by atoms with E-state index in [-0.39, 0.29) is 28.0 Å². The molecule has 0 spiro atoms. The number of aryl methyl sites for hydroxylation is 1. The van der Waals surface area contributed by atoms with Crippen molar-refractivity contribution in [1.82, 2.24) is 4.90 Å². The normalized spacial score (nSPS) is 16.6. The maximum atomic E-state index is 16.3. The number of nitrogens with zero attached hydrogens (tertiary/aromatic N) is 1. The number of carbonyl (C=O) groups is 1. The van der Waals surface area contributed by atoms with Gasteiger partial charge in [0.05, 0.1) is 5.41 Å². The highest BCUT2D eigenvalue weighted by molar-refractivity contribution is 6.08. The summed E-state index contributed by atoms with van der Waals surface area (Å²) in [6, 6.07) is 90.0. The number of piperidine rings is 1. The molecule has 1 fully saturated rings. The van der Waals surface area contributed by atoms with Gasteiger partial charge in [-0.25, -0.2) is 0 Å². The summed E-state index contributed by atoms with van der Waals surface area (Å²) >= 11 is 0. The first kappa shape index (κ1) is 53.9. The summed E-state index contributed by atoms with van der Waals surface area (Å²) in [5.74, 6) is -0.0516. The lowest BCUT2D eigenvalue weighted by molar-refractivity contribution is -0.166. The number of fused-ring (bicyclic) bond motifs is 1. The summed E-state index contributed by atoms with van der Waals surface area (Å²) in [5.41, 5.74) is 16.1. The van der Waals surface area contributed by atoms with E-state index in [2.05, 4.69) is 146 Å². The number of halogens is 3. The zero-order valence-electron chi connectivity index (χ0n) is 47.3. The molecule has 0 saturated carbocycles. The Balaban J connectivity index is 0.724. The number of hydrogen-bond donors (Lipinski definition) is 1. The molecule has 2 heterocycles. The highest BCUT2D eigenvalue weighted by Gasteiger charge is 2.58. The van der Waals surface area contributed by atoms with Crippen molar-refractivity contribution in [2.75, 3.05) is 25.5 Å². The number of amides is 1. The van der Waals surface area contributed by atoms with Crippen LogP contribution in [0.25, 0.3) is 66.8 Å². The summed E-state index contributed by atoms with van der Waals surface area (Å²) in [4.78, 5) is 15.6. The Hall–Kier alpha value is -9.36. The maximum Gasteiger partial charge on any atom is 0.406 e. The Morgan fingerprint density at radius 3 is 1.05 bits per heavy atom. The number of rotatable bonds is 12. The van der Waals surface area contributed by atoms with Gasteiger partial charge in [0, 0.05) is 11.1 Å². The van der Waals surface area contributed by atoms with Crippen LogP contribution in [0, 0.1) is 6.92 Å². The first-order valence-electron chi connectivity index (χ1n) is 28.9. The zero-order valence-corrected chi connectivity index (χ0v) is 47.3. The molecule has 11 aromatic carbocycles. The molecule has 2 aliphatic rings. The molecule has 2 aliphatic heterocycles. The molecule has 1 amide bonds. The molecular formula is C78H63F3N2O. The van der Waals surface area contributed by atoms with Gasteiger partial charge in [-0.3, -0.25) is 4.79 Å². The minimum atomic E-state index is -4.69. The fraction of sp³-hybridized carbons (Fsp3) is 0.141. The van der Waals surface area contributed by atoms with E-state index in [1.807, 2.05) is 91.9 Å². The fourth-order valence-corrected chi connectivity index (χ4v) is 13.2. The number of carbonyl (C=O) groups excluding carboxylic acids is 1. The standard InChI is InChI=1S/C78H63F3N2O/c1-53-13-15-54(16-14-53)55-17-19-57(20-18-55)62-31-41-67(42-32-62)76(49-51-83(3)52-50-76)68-43-33-63(34-44-68)58-23-27-60(28-24-58)65-37-47-71(48-38-65)77(78(79,80)81,69-9-5-4-6-10-69)70-45-35-64(36-46-70)59-25-21-56(22-26-59)61-29-39-66(40-30-61)75(2)72-11-7-8-12-73(72)82-74(75)84/h4-48H,49-52H2,1-3H3,(H,82,84). The Morgan fingerprint density at radius 1 is 0.381 bits per heavy atom. The van der Waals surface area contributed by atoms with Crippen molar-refractivity contribution in [3.63, 3.8) is 0 Å². The van der Waals surface area contributed by atoms with Crippen LogP contribution in [0.3, 0.4) is 0 Å². The molecule has 2 atom stereocenters. The van der Waals surface area contributed by atoms with Gasteiger partial charge in [-0.1, -0.05) is 272 Å². The number of nitrogens with one attached hydrogen (secondary N) is 1. The van der Waals surface area contributed by atoms with E-state index >= 15 is 13.2 Å². The molecule has 2 unspecified atom stereocenters. The summed E-state index contributed by atoms with van der Waals surface area (Å²) in [5, 5.41) is 3.02. The van der Waals surface area contributed by atoms with Crippen LogP contribution in [0.1, 0.15) is 64.3 Å². The maximum absolute atomic E-state index is 16.3. The van der Waals surface area contributed by atoms with Gasteiger partial charge in [0.1, 0.15) is 5.41 Å². The molecule has 3 nitrogen and oxygen atoms in total. The van der Waals surface area contributed by atoms with Crippen molar-refractivity contribution in [2.45, 2.75) is 49.1 Å². The Morgan fingerprint density at radius 2 is 0.679 bits per heavy atom. The minimum Gasteiger partial charge on any atom is -0.325 e. The molecule has 13 rings (SSSR count). The van der Waals surface area contributed by atoms with Crippen LogP contribution >= 0.6 is 0 Å². The van der Waals surface area contributed by atoms with Gasteiger partial charge < -0.3 is 10.2 Å². The van der Waals surface area contributed by atoms with E-state index < -0.39 is 17.0 Å². The molecule has 0 aliphatic carbocycles. The molecule has 0 aromatic heterocycles. The Labute approximate surface area is 490 Å². The van der Waals surface area contributed by atoms with Crippen molar-refractivity contribution in [3.05, 3.63) is 317 Å². The lowest BCUT2D eigenvalue weighted by atomic mass is 9.68. The topological polar surface area (TPSA) is 32.3 Å². The third kappa shape index (κ3) is 9.64. The summed E-state index contributed by atoms with van der Waals surface area (Å²) in [6.07, 6.45) is -2.64. The fourth-order valence-electron chi connectivity index (χ4n) is 13.2. The smallest absolute Gasteiger partial charge is 0.325 e. The largest absolute Gasteiger partial charge is 0.406 e. The molecule has 6 heteroatoms. The van der Waals surface area contributed by atoms with Crippen LogP contribution in [0.5, 0.6) is 0 Å². The van der Waals surface area contributed by atoms with Crippen LogP contribution in [0.4, 0.5) is 18.9 Å². The number of benzene rings is 11. The summed E-state index contributed by atoms with van der Waals surface area (Å²) in [7, 11) is 2.21. The van der Waals surface area contributed by atoms with Crippen molar-refractivity contribution >= 4 is 11.6 Å². The Kier molecular flexibility index (Phi) is 14.0. The molecule has 1 N–H and O–H groups in total. The SMILES string of the molecule is Cc1ccc(-c2ccc(-c3ccc(C4(c5ccc(-c6ccc(-c7ccc(C(c8ccccc8)(c8ccc(-c9ccc(-c%10ccc(C%11(C)C(=O)Nc%12ccccc%12%11)cc%10)cc9)cc8)C(F)(F)F)cc7)cc6)cc5)CCN(C)CC4)cc3)cc2)cc1. The molecular weight excluding hydrogens is 1040 g/mol. The van der Waals surface area contributed by atoms with Gasteiger partial charge in [0.15, 0.2) is 0 Å². The van der Waals surface area contributed by atoms with Crippen LogP contribution in [0.2, 0.25) is 0 Å². The predicted octanol–water partition coefficient (Wildman–Crippen LogP) is 19.2. The van der Waals surface area contributed by atoms with Crippen LogP contribution < -0.4 is 5.32 Å². The number of alkyl halides is 3. The third-order valence-corrected chi connectivity index (χ3v) is 18.3. The second-order valence-corrected chi connectivity index (χ2v) is 23.1. The second-order valence-electron chi connectivity index (χ2n) is 23.1. The highest BCUT2D eigenvalue weighted by Crippen LogP contribution is 2.52. The first-order valence-corrected chi connectivity index (χ1v) is 28.9. The molecule has 11 aromatic rings. The molecule has 1 saturated heterocycles. The number of anilines is 1. The molecule has 0 bridgehead atoms. The van der Waals surface area contributed by atoms with E-state index in [4.69, 9.17) is 0 Å². The van der Waals surface area contributed by atoms with Crippen molar-refractivity contribution in [3.8, 4) is 66.8 Å². The van der Waals surface area contributed by atoms with E-state index in [0.717, 1.165) is 87.3 Å². The van der Waals surface area contributed by atoms with Crippen molar-refractivity contribution in [1.29, 1.82) is 0 Å². The van der Waals surface area contributed by atoms with E-state index in [1.165, 1.54) is 38.9 Å². The van der Waals surface area contributed by atoms with Gasteiger partial charge in [0.25, 0.3) is 0 Å². The average Bonchev–Trinajstić information content (AvgIpc) is 2.79. The van der Waals surface area contributed by atoms with Gasteiger partial charge in [-0.05, 0) is 159 Å². The van der Waals surface area contributed by atoms with Gasteiger partial charge in [-0.2, -0.15) is 13.2 Å². The van der Waals surface area contributed by atoms with E-state index in [1.54, 1.807) is 66.7 Å². The van der Waals surface area contributed by atoms with Gasteiger partial charge in [-0.15, -0.1) is 0 Å². The van der Waals surface area contributed by atoms with Crippen molar-refractivity contribution in [2.24, 2.45) is 0 Å².